The van der Waals surface area contributed by atoms with Gasteiger partial charge in [-0.25, -0.2) is 0 Å². The van der Waals surface area contributed by atoms with Crippen molar-refractivity contribution in [1.82, 2.24) is 0 Å². The average molecular weight is 436 g/mol. The number of rotatable bonds is 3. The lowest BCUT2D eigenvalue weighted by Crippen LogP contribution is -2.29. The van der Waals surface area contributed by atoms with Crippen molar-refractivity contribution in [3.05, 3.63) is 76.3 Å². The molecule has 0 amide bonds. The summed E-state index contributed by atoms with van der Waals surface area (Å²) in [6.07, 6.45) is 5.77. The first-order valence-electron chi connectivity index (χ1n) is 9.57. The number of halogens is 1. The topological polar surface area (TPSA) is 30.5 Å². The van der Waals surface area contributed by atoms with Gasteiger partial charge in [-0.1, -0.05) is 48.6 Å². The molecule has 0 spiro atoms. The van der Waals surface area contributed by atoms with Gasteiger partial charge in [0.1, 0.15) is 0 Å². The van der Waals surface area contributed by atoms with Gasteiger partial charge in [0.25, 0.3) is 0 Å². The van der Waals surface area contributed by atoms with Crippen LogP contribution in [0.4, 0.5) is 5.69 Å². The van der Waals surface area contributed by atoms with Crippen LogP contribution in [0.1, 0.15) is 29.5 Å². The van der Waals surface area contributed by atoms with Crippen LogP contribution in [0.25, 0.3) is 10.8 Å². The second-order valence-electron chi connectivity index (χ2n) is 7.46. The van der Waals surface area contributed by atoms with E-state index in [2.05, 4.69) is 81.9 Å². The number of ether oxygens (including phenoxy) is 2. The van der Waals surface area contributed by atoms with Gasteiger partial charge < -0.3 is 14.8 Å². The maximum absolute atomic E-state index is 5.60. The zero-order valence-electron chi connectivity index (χ0n) is 15.9. The molecule has 1 N–H and O–H groups in total. The predicted molar refractivity (Wildman–Crippen MR) is 118 cm³/mol. The van der Waals surface area contributed by atoms with Crippen molar-refractivity contribution in [2.45, 2.75) is 18.4 Å². The Balaban J connectivity index is 1.67. The third-order valence-corrected chi connectivity index (χ3v) is 6.67. The van der Waals surface area contributed by atoms with Crippen LogP contribution in [0.15, 0.2) is 65.2 Å². The van der Waals surface area contributed by atoms with Gasteiger partial charge in [0, 0.05) is 17.0 Å². The molecule has 0 fully saturated rings. The number of allylic oxidation sites excluding steroid dienone is 2. The first-order chi connectivity index (χ1) is 13.7. The summed E-state index contributed by atoms with van der Waals surface area (Å²) >= 11 is 3.66. The summed E-state index contributed by atoms with van der Waals surface area (Å²) < 4.78 is 12.0. The summed E-state index contributed by atoms with van der Waals surface area (Å²) in [5.41, 5.74) is 3.86. The predicted octanol–water partition coefficient (Wildman–Crippen LogP) is 6.45. The van der Waals surface area contributed by atoms with Crippen LogP contribution >= 0.6 is 15.9 Å². The van der Waals surface area contributed by atoms with Crippen LogP contribution in [0.5, 0.6) is 11.5 Å². The lowest BCUT2D eigenvalue weighted by Gasteiger charge is -2.38. The summed E-state index contributed by atoms with van der Waals surface area (Å²) in [4.78, 5) is 0. The van der Waals surface area contributed by atoms with Crippen molar-refractivity contribution in [2.24, 2.45) is 5.92 Å². The largest absolute Gasteiger partial charge is 0.493 e. The molecular weight excluding hydrogens is 414 g/mol. The fourth-order valence-electron chi connectivity index (χ4n) is 4.79. The van der Waals surface area contributed by atoms with E-state index >= 15 is 0 Å². The van der Waals surface area contributed by atoms with Gasteiger partial charge in [-0.2, -0.15) is 0 Å². The van der Waals surface area contributed by atoms with Gasteiger partial charge in [0.2, 0.25) is 0 Å². The molecule has 0 unspecified atom stereocenters. The van der Waals surface area contributed by atoms with E-state index in [1.165, 1.54) is 27.6 Å². The maximum atomic E-state index is 5.60. The molecule has 0 aromatic heterocycles. The fourth-order valence-corrected chi connectivity index (χ4v) is 5.41. The number of hydrogen-bond acceptors (Lipinski definition) is 3. The number of fused-ring (bicyclic) bond motifs is 5. The molecular formula is C24H22BrNO2. The quantitative estimate of drug-likeness (QED) is 0.479. The van der Waals surface area contributed by atoms with Gasteiger partial charge in [0.15, 0.2) is 11.5 Å². The molecule has 0 radical (unpaired) electrons. The molecule has 1 aliphatic carbocycles. The summed E-state index contributed by atoms with van der Waals surface area (Å²) in [7, 11) is 3.35. The van der Waals surface area contributed by atoms with Crippen LogP contribution in [-0.4, -0.2) is 14.2 Å². The summed E-state index contributed by atoms with van der Waals surface area (Å²) in [6, 6.07) is 17.6. The van der Waals surface area contributed by atoms with Crippen molar-refractivity contribution in [3.8, 4) is 11.5 Å². The first-order valence-corrected chi connectivity index (χ1v) is 10.4. The summed E-state index contributed by atoms with van der Waals surface area (Å²) in [5.74, 6) is 2.39. The minimum atomic E-state index is 0.203. The molecule has 3 atom stereocenters. The molecule has 0 saturated carbocycles. The summed E-state index contributed by atoms with van der Waals surface area (Å²) in [5, 5.41) is 6.43. The average Bonchev–Trinajstić information content (AvgIpc) is 3.22. The monoisotopic (exact) mass is 435 g/mol. The number of nitrogens with one attached hydrogen (secondary N) is 1. The molecule has 4 heteroatoms. The Hall–Kier alpha value is -2.46. The van der Waals surface area contributed by atoms with Crippen LogP contribution in [0.3, 0.4) is 0 Å². The number of methoxy groups -OCH3 is 2. The number of hydrogen-bond donors (Lipinski definition) is 1. The Labute approximate surface area is 173 Å². The molecule has 0 saturated heterocycles. The van der Waals surface area contributed by atoms with E-state index < -0.39 is 0 Å². The Morgan fingerprint density at radius 1 is 1.04 bits per heavy atom. The highest BCUT2D eigenvalue weighted by Gasteiger charge is 2.38. The van der Waals surface area contributed by atoms with Gasteiger partial charge in [0.05, 0.1) is 24.7 Å². The van der Waals surface area contributed by atoms with E-state index in [0.29, 0.717) is 11.8 Å². The van der Waals surface area contributed by atoms with Crippen LogP contribution < -0.4 is 14.8 Å². The molecule has 142 valence electrons. The van der Waals surface area contributed by atoms with E-state index in [-0.39, 0.29) is 6.04 Å². The van der Waals surface area contributed by atoms with E-state index in [1.807, 2.05) is 0 Å². The Kier molecular flexibility index (Phi) is 4.31. The van der Waals surface area contributed by atoms with Crippen molar-refractivity contribution >= 4 is 32.4 Å². The molecule has 5 rings (SSSR count). The number of benzene rings is 3. The molecule has 1 aliphatic heterocycles. The van der Waals surface area contributed by atoms with E-state index in [9.17, 15) is 0 Å². The minimum absolute atomic E-state index is 0.203. The highest BCUT2D eigenvalue weighted by molar-refractivity contribution is 9.10. The summed E-state index contributed by atoms with van der Waals surface area (Å²) in [6.45, 7) is 0. The lowest BCUT2D eigenvalue weighted by atomic mass is 9.76. The molecule has 3 nitrogen and oxygen atoms in total. The molecule has 3 aromatic carbocycles. The Bertz CT molecular complexity index is 1090. The van der Waals surface area contributed by atoms with Crippen molar-refractivity contribution < 1.29 is 9.47 Å². The SMILES string of the molecule is COc1cc([C@@H]2Nc3c(ccc4ccccc34)[C@H]3C=CC[C@@H]32)cc(Br)c1OC. The lowest BCUT2D eigenvalue weighted by molar-refractivity contribution is 0.351. The van der Waals surface area contributed by atoms with Crippen LogP contribution in [-0.2, 0) is 0 Å². The first kappa shape index (κ1) is 17.6. The van der Waals surface area contributed by atoms with E-state index in [0.717, 1.165) is 22.4 Å². The molecule has 1 heterocycles. The second kappa shape index (κ2) is 6.85. The second-order valence-corrected chi connectivity index (χ2v) is 8.32. The van der Waals surface area contributed by atoms with Crippen LogP contribution in [0.2, 0.25) is 0 Å². The molecule has 28 heavy (non-hydrogen) atoms. The molecule has 3 aromatic rings. The van der Waals surface area contributed by atoms with Gasteiger partial charge in [-0.3, -0.25) is 0 Å². The van der Waals surface area contributed by atoms with E-state index in [1.54, 1.807) is 14.2 Å². The minimum Gasteiger partial charge on any atom is -0.493 e. The molecule has 2 aliphatic rings. The third kappa shape index (κ3) is 2.62. The third-order valence-electron chi connectivity index (χ3n) is 6.08. The van der Waals surface area contributed by atoms with Gasteiger partial charge in [-0.15, -0.1) is 0 Å². The Morgan fingerprint density at radius 3 is 2.71 bits per heavy atom. The highest BCUT2D eigenvalue weighted by Crippen LogP contribution is 2.52. The normalized spacial score (nSPS) is 22.5. The Morgan fingerprint density at radius 2 is 1.89 bits per heavy atom. The zero-order chi connectivity index (χ0) is 19.3. The van der Waals surface area contributed by atoms with Gasteiger partial charge in [-0.05, 0) is 56.9 Å². The fraction of sp³-hybridized carbons (Fsp3) is 0.250. The zero-order valence-corrected chi connectivity index (χ0v) is 17.5. The molecule has 0 bridgehead atoms. The van der Waals surface area contributed by atoms with E-state index in [4.69, 9.17) is 9.47 Å². The smallest absolute Gasteiger partial charge is 0.174 e. The highest BCUT2D eigenvalue weighted by atomic mass is 79.9. The standard InChI is InChI=1S/C24H22BrNO2/c1-27-21-13-15(12-20(25)24(21)28-2)22-18-9-5-8-17(18)19-11-10-14-6-3-4-7-16(14)23(19)26-22/h3-8,10-13,17-18,22,26H,9H2,1-2H3/t17-,18-,22-/m0/s1. The van der Waals surface area contributed by atoms with Crippen molar-refractivity contribution in [3.63, 3.8) is 0 Å². The van der Waals surface area contributed by atoms with Crippen LogP contribution in [0, 0.1) is 5.92 Å². The van der Waals surface area contributed by atoms with Gasteiger partial charge >= 0.3 is 0 Å². The van der Waals surface area contributed by atoms with Crippen molar-refractivity contribution in [1.29, 1.82) is 0 Å². The maximum Gasteiger partial charge on any atom is 0.174 e. The number of anilines is 1. The van der Waals surface area contributed by atoms with Crippen molar-refractivity contribution in [2.75, 3.05) is 19.5 Å².